The molecular formula is C12H10Br2FNS. The molecule has 0 fully saturated rings. The van der Waals surface area contributed by atoms with Crippen molar-refractivity contribution < 1.29 is 4.39 Å². The van der Waals surface area contributed by atoms with Crippen molar-refractivity contribution in [1.29, 1.82) is 0 Å². The van der Waals surface area contributed by atoms with Crippen molar-refractivity contribution >= 4 is 48.9 Å². The molecule has 5 heteroatoms. The highest BCUT2D eigenvalue weighted by Crippen LogP contribution is 2.29. The summed E-state index contributed by atoms with van der Waals surface area (Å²) < 4.78 is 14.6. The Hall–Kier alpha value is -0.390. The zero-order valence-electron chi connectivity index (χ0n) is 9.01. The van der Waals surface area contributed by atoms with Crippen molar-refractivity contribution in [3.63, 3.8) is 0 Å². The van der Waals surface area contributed by atoms with Crippen molar-refractivity contribution in [3.05, 3.63) is 49.3 Å². The second-order valence-electron chi connectivity index (χ2n) is 3.66. The van der Waals surface area contributed by atoms with Gasteiger partial charge >= 0.3 is 0 Å². The lowest BCUT2D eigenvalue weighted by molar-refractivity contribution is 0.621. The summed E-state index contributed by atoms with van der Waals surface area (Å²) in [6, 6.07) is 7.21. The summed E-state index contributed by atoms with van der Waals surface area (Å²) in [4.78, 5) is 1.23. The van der Waals surface area contributed by atoms with Crippen LogP contribution in [0.5, 0.6) is 0 Å². The Balaban J connectivity index is 2.12. The lowest BCUT2D eigenvalue weighted by Gasteiger charge is -2.14. The third-order valence-corrected chi connectivity index (χ3v) is 4.80. The van der Waals surface area contributed by atoms with Gasteiger partial charge in [0, 0.05) is 20.4 Å². The summed E-state index contributed by atoms with van der Waals surface area (Å²) in [6.45, 7) is 2.08. The molecule has 1 aromatic heterocycles. The van der Waals surface area contributed by atoms with E-state index in [4.69, 9.17) is 0 Å². The average Bonchev–Trinajstić information content (AvgIpc) is 2.70. The maximum absolute atomic E-state index is 13.1. The number of benzene rings is 1. The minimum atomic E-state index is -0.248. The molecule has 0 radical (unpaired) electrons. The summed E-state index contributed by atoms with van der Waals surface area (Å²) in [6.07, 6.45) is 0. The highest BCUT2D eigenvalue weighted by atomic mass is 79.9. The summed E-state index contributed by atoms with van der Waals surface area (Å²) in [5.41, 5.74) is 0.898. The summed E-state index contributed by atoms with van der Waals surface area (Å²) in [5, 5.41) is 5.38. The normalized spacial score (nSPS) is 12.5. The largest absolute Gasteiger partial charge is 0.378 e. The molecule has 2 rings (SSSR count). The van der Waals surface area contributed by atoms with Crippen LogP contribution in [-0.4, -0.2) is 0 Å². The molecule has 90 valence electrons. The quantitative estimate of drug-likeness (QED) is 0.734. The lowest BCUT2D eigenvalue weighted by Crippen LogP contribution is -2.04. The predicted octanol–water partition coefficient (Wildman–Crippen LogP) is 5.59. The fraction of sp³-hybridized carbons (Fsp3) is 0.167. The van der Waals surface area contributed by atoms with Crippen LogP contribution in [0.3, 0.4) is 0 Å². The average molecular weight is 379 g/mol. The van der Waals surface area contributed by atoms with Gasteiger partial charge < -0.3 is 5.32 Å². The van der Waals surface area contributed by atoms with Gasteiger partial charge in [-0.15, -0.1) is 11.3 Å². The Kier molecular flexibility index (Phi) is 4.22. The smallest absolute Gasteiger partial charge is 0.137 e. The maximum Gasteiger partial charge on any atom is 0.137 e. The summed E-state index contributed by atoms with van der Waals surface area (Å²) in [7, 11) is 0. The molecule has 0 amide bonds. The molecule has 0 saturated heterocycles. The van der Waals surface area contributed by atoms with E-state index < -0.39 is 0 Å². The Bertz CT molecular complexity index is 527. The topological polar surface area (TPSA) is 12.0 Å². The van der Waals surface area contributed by atoms with Gasteiger partial charge in [-0.25, -0.2) is 4.39 Å². The molecule has 1 aromatic carbocycles. The molecule has 0 bridgehead atoms. The van der Waals surface area contributed by atoms with Crippen molar-refractivity contribution in [2.75, 3.05) is 5.32 Å². The van der Waals surface area contributed by atoms with Crippen LogP contribution in [-0.2, 0) is 0 Å². The van der Waals surface area contributed by atoms with Gasteiger partial charge in [-0.1, -0.05) is 0 Å². The number of halogens is 3. The van der Waals surface area contributed by atoms with Gasteiger partial charge in [0.05, 0.1) is 10.5 Å². The Morgan fingerprint density at radius 3 is 2.65 bits per heavy atom. The first kappa shape index (κ1) is 13.1. The van der Waals surface area contributed by atoms with Crippen LogP contribution in [0.2, 0.25) is 0 Å². The van der Waals surface area contributed by atoms with Gasteiger partial charge in [0.15, 0.2) is 0 Å². The predicted molar refractivity (Wildman–Crippen MR) is 78.2 cm³/mol. The third-order valence-electron chi connectivity index (χ3n) is 2.32. The second kappa shape index (κ2) is 5.50. The first-order valence-electron chi connectivity index (χ1n) is 5.02. The number of hydrogen-bond donors (Lipinski definition) is 1. The number of anilines is 1. The molecule has 0 aliphatic carbocycles. The summed E-state index contributed by atoms with van der Waals surface area (Å²) >= 11 is 8.30. The molecule has 1 nitrogen and oxygen atoms in total. The van der Waals surface area contributed by atoms with Gasteiger partial charge in [0.25, 0.3) is 0 Å². The van der Waals surface area contributed by atoms with Gasteiger partial charge in [0.2, 0.25) is 0 Å². The van der Waals surface area contributed by atoms with Crippen LogP contribution >= 0.6 is 43.2 Å². The minimum Gasteiger partial charge on any atom is -0.378 e. The van der Waals surface area contributed by atoms with Crippen LogP contribution in [0.1, 0.15) is 17.8 Å². The molecule has 2 aromatic rings. The molecule has 1 unspecified atom stereocenters. The number of thiophene rings is 1. The first-order valence-corrected chi connectivity index (χ1v) is 7.48. The van der Waals surface area contributed by atoms with E-state index in [1.165, 1.54) is 10.9 Å². The number of nitrogens with one attached hydrogen (secondary N) is 1. The molecular weight excluding hydrogens is 369 g/mol. The number of hydrogen-bond acceptors (Lipinski definition) is 2. The number of rotatable bonds is 3. The van der Waals surface area contributed by atoms with E-state index in [0.717, 1.165) is 10.2 Å². The SMILES string of the molecule is CC(Nc1ccc(F)c(Br)c1)c1cc(Br)cs1. The Morgan fingerprint density at radius 2 is 2.06 bits per heavy atom. The van der Waals surface area contributed by atoms with E-state index in [2.05, 4.69) is 50.2 Å². The van der Waals surface area contributed by atoms with E-state index in [0.29, 0.717) is 4.47 Å². The second-order valence-corrected chi connectivity index (χ2v) is 6.38. The minimum absolute atomic E-state index is 0.198. The molecule has 1 atom stereocenters. The lowest BCUT2D eigenvalue weighted by atomic mass is 10.2. The molecule has 0 spiro atoms. The molecule has 17 heavy (non-hydrogen) atoms. The van der Waals surface area contributed by atoms with Gasteiger partial charge in [-0.3, -0.25) is 0 Å². The Labute approximate surface area is 120 Å². The van der Waals surface area contributed by atoms with E-state index in [-0.39, 0.29) is 11.9 Å². The van der Waals surface area contributed by atoms with E-state index in [1.807, 2.05) is 5.38 Å². The van der Waals surface area contributed by atoms with Gasteiger partial charge in [-0.2, -0.15) is 0 Å². The first-order chi connectivity index (χ1) is 8.06. The van der Waals surface area contributed by atoms with Crippen LogP contribution in [0.15, 0.2) is 38.6 Å². The van der Waals surface area contributed by atoms with Crippen molar-refractivity contribution in [3.8, 4) is 0 Å². The van der Waals surface area contributed by atoms with E-state index in [9.17, 15) is 4.39 Å². The molecule has 0 saturated carbocycles. The van der Waals surface area contributed by atoms with Gasteiger partial charge in [-0.05, 0) is 63.0 Å². The fourth-order valence-electron chi connectivity index (χ4n) is 1.46. The zero-order valence-corrected chi connectivity index (χ0v) is 13.0. The zero-order chi connectivity index (χ0) is 12.4. The van der Waals surface area contributed by atoms with Crippen LogP contribution < -0.4 is 5.32 Å². The van der Waals surface area contributed by atoms with Crippen molar-refractivity contribution in [2.45, 2.75) is 13.0 Å². The highest BCUT2D eigenvalue weighted by molar-refractivity contribution is 9.10. The maximum atomic E-state index is 13.1. The fourth-order valence-corrected chi connectivity index (χ4v) is 3.29. The molecule has 1 N–H and O–H groups in total. The van der Waals surface area contributed by atoms with E-state index >= 15 is 0 Å². The molecule has 0 aliphatic heterocycles. The highest BCUT2D eigenvalue weighted by Gasteiger charge is 2.08. The van der Waals surface area contributed by atoms with Crippen LogP contribution in [0.25, 0.3) is 0 Å². The third kappa shape index (κ3) is 3.30. The monoisotopic (exact) mass is 377 g/mol. The van der Waals surface area contributed by atoms with Gasteiger partial charge in [0.1, 0.15) is 5.82 Å². The molecule has 0 aliphatic rings. The van der Waals surface area contributed by atoms with E-state index in [1.54, 1.807) is 23.5 Å². The van der Waals surface area contributed by atoms with Crippen LogP contribution in [0, 0.1) is 5.82 Å². The summed E-state index contributed by atoms with van der Waals surface area (Å²) in [5.74, 6) is -0.248. The van der Waals surface area contributed by atoms with Crippen molar-refractivity contribution in [2.24, 2.45) is 0 Å². The van der Waals surface area contributed by atoms with Crippen molar-refractivity contribution in [1.82, 2.24) is 0 Å². The van der Waals surface area contributed by atoms with Crippen LogP contribution in [0.4, 0.5) is 10.1 Å². The molecule has 1 heterocycles. The Morgan fingerprint density at radius 1 is 1.29 bits per heavy atom. The standard InChI is InChI=1S/C12H10Br2FNS/c1-7(12-4-8(13)6-17-12)16-9-2-3-11(15)10(14)5-9/h2-7,16H,1H3.